The Morgan fingerprint density at radius 1 is 1.09 bits per heavy atom. The molecule has 4 aromatic rings. The number of aromatic nitrogens is 2. The highest BCUT2D eigenvalue weighted by atomic mass is 32.2. The summed E-state index contributed by atoms with van der Waals surface area (Å²) in [6.07, 6.45) is 1.45. The zero-order chi connectivity index (χ0) is 32.4. The summed E-state index contributed by atoms with van der Waals surface area (Å²) in [7, 11) is 0. The van der Waals surface area contributed by atoms with Gasteiger partial charge in [0.2, 0.25) is 5.13 Å². The maximum absolute atomic E-state index is 14.2. The second kappa shape index (κ2) is 13.5. The first-order chi connectivity index (χ1) is 22.3. The lowest BCUT2D eigenvalue weighted by Gasteiger charge is -2.23. The van der Waals surface area contributed by atoms with Crippen molar-refractivity contribution < 1.29 is 33.3 Å². The fourth-order valence-corrected chi connectivity index (χ4v) is 7.33. The van der Waals surface area contributed by atoms with E-state index in [2.05, 4.69) is 10.2 Å². The Morgan fingerprint density at radius 2 is 1.91 bits per heavy atom. The van der Waals surface area contributed by atoms with Crippen molar-refractivity contribution in [1.29, 1.82) is 0 Å². The molecule has 1 saturated heterocycles. The van der Waals surface area contributed by atoms with E-state index in [1.807, 2.05) is 20.8 Å². The zero-order valence-electron chi connectivity index (χ0n) is 25.5. The lowest BCUT2D eigenvalue weighted by Crippen LogP contribution is -2.29. The summed E-state index contributed by atoms with van der Waals surface area (Å²) in [5.41, 5.74) is 2.23. The number of aliphatic hydroxyl groups is 1. The Balaban J connectivity index is 1.43. The molecule has 1 N–H and O–H groups in total. The molecule has 2 atom stereocenters. The molecule has 1 amide bonds. The second-order valence-corrected chi connectivity index (χ2v) is 13.0. The van der Waals surface area contributed by atoms with Crippen LogP contribution in [0.5, 0.6) is 17.2 Å². The lowest BCUT2D eigenvalue weighted by atomic mass is 9.94. The van der Waals surface area contributed by atoms with Crippen molar-refractivity contribution in [3.05, 3.63) is 94.3 Å². The van der Waals surface area contributed by atoms with Crippen LogP contribution in [0.4, 0.5) is 9.52 Å². The van der Waals surface area contributed by atoms with Crippen LogP contribution in [0.25, 0.3) is 5.76 Å². The molecular weight excluding hydrogens is 630 g/mol. The third kappa shape index (κ3) is 6.19. The monoisotopic (exact) mass is 661 g/mol. The van der Waals surface area contributed by atoms with Crippen LogP contribution < -0.4 is 19.1 Å². The summed E-state index contributed by atoms with van der Waals surface area (Å²) in [5.74, 6) is -0.337. The number of anilines is 1. The highest BCUT2D eigenvalue weighted by Gasteiger charge is 2.48. The molecule has 6 rings (SSSR count). The van der Waals surface area contributed by atoms with Crippen LogP contribution in [0.1, 0.15) is 55.5 Å². The van der Waals surface area contributed by atoms with Crippen LogP contribution in [0, 0.1) is 5.82 Å². The van der Waals surface area contributed by atoms with Crippen molar-refractivity contribution in [2.45, 2.75) is 55.9 Å². The minimum absolute atomic E-state index is 0.00810. The minimum Gasteiger partial charge on any atom is -0.507 e. The van der Waals surface area contributed by atoms with Gasteiger partial charge in [0, 0.05) is 17.7 Å². The van der Waals surface area contributed by atoms with Gasteiger partial charge in [0.15, 0.2) is 15.8 Å². The quantitative estimate of drug-likeness (QED) is 0.0591. The summed E-state index contributed by atoms with van der Waals surface area (Å²) in [6.45, 7) is 6.65. The van der Waals surface area contributed by atoms with Crippen molar-refractivity contribution in [1.82, 2.24) is 10.2 Å². The molecule has 0 radical (unpaired) electrons. The first-order valence-electron chi connectivity index (χ1n) is 15.0. The van der Waals surface area contributed by atoms with Gasteiger partial charge in [0.25, 0.3) is 5.78 Å². The van der Waals surface area contributed by atoms with Gasteiger partial charge in [-0.3, -0.25) is 14.5 Å². The van der Waals surface area contributed by atoms with Gasteiger partial charge in [-0.2, -0.15) is 0 Å². The van der Waals surface area contributed by atoms with Gasteiger partial charge in [-0.1, -0.05) is 54.3 Å². The molecule has 3 heterocycles. The van der Waals surface area contributed by atoms with Crippen molar-refractivity contribution in [2.75, 3.05) is 18.1 Å². The maximum Gasteiger partial charge on any atom is 0.301 e. The predicted molar refractivity (Wildman–Crippen MR) is 174 cm³/mol. The Kier molecular flexibility index (Phi) is 9.27. The summed E-state index contributed by atoms with van der Waals surface area (Å²) in [5, 5.41) is 20.4. The number of thioether (sulfide) groups is 1. The van der Waals surface area contributed by atoms with E-state index < -0.39 is 17.7 Å². The first kappa shape index (κ1) is 31.6. The van der Waals surface area contributed by atoms with E-state index in [4.69, 9.17) is 14.2 Å². The number of halogens is 1. The third-order valence-corrected chi connectivity index (χ3v) is 9.67. The molecule has 9 nitrogen and oxygen atoms in total. The molecule has 46 heavy (non-hydrogen) atoms. The molecule has 0 aliphatic carbocycles. The van der Waals surface area contributed by atoms with Crippen LogP contribution in [0.3, 0.4) is 0 Å². The summed E-state index contributed by atoms with van der Waals surface area (Å²) >= 11 is 2.38. The molecule has 2 aliphatic rings. The largest absolute Gasteiger partial charge is 0.507 e. The standard InChI is InChI=1S/C34H32FN3O6S2/c1-4-14-43-26-13-10-20(17-27(26)42-5-2)29-28(30(39)21-11-12-25-23(16-21)15-19(3)44-25)31(40)32(41)38(29)33-36-37-34(46-33)45-18-22-8-6-7-9-24(22)35/h6-13,16-17,19,29,39H,4-5,14-15,18H2,1-3H3/b30-28-. The predicted octanol–water partition coefficient (Wildman–Crippen LogP) is 7.11. The van der Waals surface area contributed by atoms with Gasteiger partial charge in [-0.25, -0.2) is 4.39 Å². The van der Waals surface area contributed by atoms with E-state index in [0.29, 0.717) is 57.9 Å². The molecular formula is C34H32FN3O6S2. The fourth-order valence-electron chi connectivity index (χ4n) is 5.48. The van der Waals surface area contributed by atoms with Crippen LogP contribution in [0.15, 0.2) is 70.6 Å². The van der Waals surface area contributed by atoms with E-state index in [9.17, 15) is 19.1 Å². The van der Waals surface area contributed by atoms with Gasteiger partial charge in [0.05, 0.1) is 24.8 Å². The molecule has 0 bridgehead atoms. The smallest absolute Gasteiger partial charge is 0.301 e. The van der Waals surface area contributed by atoms with E-state index in [1.165, 1.54) is 22.7 Å². The Labute approximate surface area is 274 Å². The molecule has 2 aliphatic heterocycles. The lowest BCUT2D eigenvalue weighted by molar-refractivity contribution is -0.132. The third-order valence-electron chi connectivity index (χ3n) is 7.57. The molecule has 1 aromatic heterocycles. The number of ketones is 1. The zero-order valence-corrected chi connectivity index (χ0v) is 27.1. The van der Waals surface area contributed by atoms with E-state index in [1.54, 1.807) is 54.6 Å². The normalized spacial score (nSPS) is 18.5. The number of hydrogen-bond acceptors (Lipinski definition) is 10. The number of Topliss-reactive ketones (excluding diaryl/α,β-unsaturated/α-hetero) is 1. The molecule has 0 spiro atoms. The van der Waals surface area contributed by atoms with Crippen molar-refractivity contribution in [3.8, 4) is 17.2 Å². The summed E-state index contributed by atoms with van der Waals surface area (Å²) < 4.78 is 32.3. The number of carbonyl (C=O) groups excluding carboxylic acids is 2. The van der Waals surface area contributed by atoms with Crippen molar-refractivity contribution >= 4 is 45.7 Å². The number of ether oxygens (including phenoxy) is 3. The molecule has 238 valence electrons. The number of nitrogens with zero attached hydrogens (tertiary/aromatic N) is 3. The van der Waals surface area contributed by atoms with E-state index in [0.717, 1.165) is 29.1 Å². The van der Waals surface area contributed by atoms with Crippen LogP contribution >= 0.6 is 23.1 Å². The number of benzene rings is 3. The molecule has 2 unspecified atom stereocenters. The number of fused-ring (bicyclic) bond motifs is 1. The Morgan fingerprint density at radius 3 is 2.70 bits per heavy atom. The number of amides is 1. The average molecular weight is 662 g/mol. The second-order valence-electron chi connectivity index (χ2n) is 10.8. The molecule has 3 aromatic carbocycles. The van der Waals surface area contributed by atoms with E-state index >= 15 is 0 Å². The van der Waals surface area contributed by atoms with Gasteiger partial charge in [0.1, 0.15) is 23.4 Å². The van der Waals surface area contributed by atoms with Crippen molar-refractivity contribution in [3.63, 3.8) is 0 Å². The number of aliphatic hydroxyl groups excluding tert-OH is 1. The van der Waals surface area contributed by atoms with Gasteiger partial charge >= 0.3 is 5.91 Å². The minimum atomic E-state index is -1.04. The number of carbonyl (C=O) groups is 2. The number of hydrogen-bond donors (Lipinski definition) is 1. The van der Waals surface area contributed by atoms with Gasteiger partial charge in [-0.15, -0.1) is 10.2 Å². The first-order valence-corrected chi connectivity index (χ1v) is 16.8. The topological polar surface area (TPSA) is 111 Å². The molecule has 12 heteroatoms. The Bertz CT molecular complexity index is 1830. The SMILES string of the molecule is CCCOc1ccc(C2/C(=C(/O)c3ccc4c(c3)CC(C)O4)C(=O)C(=O)N2c2nnc(SCc3ccccc3F)s2)cc1OCC. The van der Waals surface area contributed by atoms with Crippen LogP contribution in [0.2, 0.25) is 0 Å². The maximum atomic E-state index is 14.2. The van der Waals surface area contributed by atoms with Gasteiger partial charge in [-0.05, 0) is 73.4 Å². The summed E-state index contributed by atoms with van der Waals surface area (Å²) in [4.78, 5) is 28.8. The highest BCUT2D eigenvalue weighted by Crippen LogP contribution is 2.46. The fraction of sp³-hybridized carbons (Fsp3) is 0.294. The van der Waals surface area contributed by atoms with Crippen LogP contribution in [-0.2, 0) is 21.8 Å². The summed E-state index contributed by atoms with van der Waals surface area (Å²) in [6, 6.07) is 15.9. The average Bonchev–Trinajstić information content (AvgIpc) is 3.74. The molecule has 0 saturated carbocycles. The van der Waals surface area contributed by atoms with Gasteiger partial charge < -0.3 is 19.3 Å². The van der Waals surface area contributed by atoms with Crippen LogP contribution in [-0.4, -0.2) is 46.3 Å². The van der Waals surface area contributed by atoms with Crippen molar-refractivity contribution in [2.24, 2.45) is 0 Å². The van der Waals surface area contributed by atoms with E-state index in [-0.39, 0.29) is 28.4 Å². The highest BCUT2D eigenvalue weighted by molar-refractivity contribution is 8.00. The Hall–Kier alpha value is -4.42. The number of rotatable bonds is 11. The molecule has 1 fully saturated rings.